The molecule has 0 atom stereocenters. The first-order valence-corrected chi connectivity index (χ1v) is 8.41. The van der Waals surface area contributed by atoms with E-state index in [-0.39, 0.29) is 5.91 Å². The quantitative estimate of drug-likeness (QED) is 0.802. The summed E-state index contributed by atoms with van der Waals surface area (Å²) in [5.74, 6) is -0.236. The summed E-state index contributed by atoms with van der Waals surface area (Å²) in [5, 5.41) is 2.93. The van der Waals surface area contributed by atoms with E-state index in [2.05, 4.69) is 22.4 Å². The Hall–Kier alpha value is -3.40. The van der Waals surface area contributed by atoms with Crippen molar-refractivity contribution in [3.05, 3.63) is 83.6 Å². The fourth-order valence-corrected chi connectivity index (χ4v) is 2.65. The Balaban J connectivity index is 1.81. The maximum atomic E-state index is 12.5. The highest BCUT2D eigenvalue weighted by Gasteiger charge is 2.10. The van der Waals surface area contributed by atoms with Gasteiger partial charge in [-0.15, -0.1) is 0 Å². The first kappa shape index (κ1) is 17.4. The first-order chi connectivity index (χ1) is 12.5. The third-order valence-electron chi connectivity index (χ3n) is 4.20. The summed E-state index contributed by atoms with van der Waals surface area (Å²) in [6, 6.07) is 11.9. The van der Waals surface area contributed by atoms with Crippen molar-refractivity contribution >= 4 is 23.5 Å². The molecular weight excluding hydrogens is 322 g/mol. The first-order valence-electron chi connectivity index (χ1n) is 8.41. The smallest absolute Gasteiger partial charge is 0.274 e. The van der Waals surface area contributed by atoms with Crippen LogP contribution in [0.4, 0.5) is 11.4 Å². The fourth-order valence-electron chi connectivity index (χ4n) is 2.65. The molecule has 4 heteroatoms. The third-order valence-corrected chi connectivity index (χ3v) is 4.20. The van der Waals surface area contributed by atoms with Gasteiger partial charge in [0.1, 0.15) is 5.70 Å². The van der Waals surface area contributed by atoms with Crippen LogP contribution in [-0.2, 0) is 4.79 Å². The number of allylic oxidation sites excluding steroid dienone is 5. The average molecular weight is 343 g/mol. The van der Waals surface area contributed by atoms with Crippen LogP contribution in [-0.4, -0.2) is 12.1 Å². The maximum Gasteiger partial charge on any atom is 0.274 e. The second kappa shape index (κ2) is 7.66. The lowest BCUT2D eigenvalue weighted by atomic mass is 10.00. The summed E-state index contributed by atoms with van der Waals surface area (Å²) >= 11 is 0. The molecule has 0 saturated carbocycles. The molecule has 3 rings (SSSR count). The predicted octanol–water partition coefficient (Wildman–Crippen LogP) is 4.57. The van der Waals surface area contributed by atoms with Crippen molar-refractivity contribution in [2.75, 3.05) is 11.1 Å². The number of hydrogen-bond acceptors (Lipinski definition) is 3. The minimum absolute atomic E-state index is 0.236. The lowest BCUT2D eigenvalue weighted by Gasteiger charge is -2.11. The zero-order valence-corrected chi connectivity index (χ0v) is 14.9. The van der Waals surface area contributed by atoms with Crippen LogP contribution in [0.2, 0.25) is 0 Å². The van der Waals surface area contributed by atoms with Crippen LogP contribution in [0.1, 0.15) is 11.1 Å². The molecule has 3 N–H and O–H groups in total. The molecule has 1 aliphatic rings. The Morgan fingerprint density at radius 3 is 2.35 bits per heavy atom. The van der Waals surface area contributed by atoms with Gasteiger partial charge in [-0.2, -0.15) is 0 Å². The van der Waals surface area contributed by atoms with Gasteiger partial charge in [0.25, 0.3) is 5.91 Å². The van der Waals surface area contributed by atoms with Crippen LogP contribution in [0.5, 0.6) is 0 Å². The monoisotopic (exact) mass is 343 g/mol. The molecule has 0 aromatic heterocycles. The molecule has 0 saturated heterocycles. The van der Waals surface area contributed by atoms with Crippen molar-refractivity contribution in [1.29, 1.82) is 0 Å². The standard InChI is InChI=1S/C22H21N3O/c1-15-13-17(8-10-19(15)23)18-9-11-20(16(2)14-18)25-22(26)21-7-5-3-4-6-12-24-21/h3-14H,23H2,1-2H3,(H,25,26). The number of rotatable bonds is 3. The van der Waals surface area contributed by atoms with Gasteiger partial charge in [0.15, 0.2) is 0 Å². The number of nitrogen functional groups attached to an aromatic ring is 1. The Kier molecular flexibility index (Phi) is 5.13. The van der Waals surface area contributed by atoms with Gasteiger partial charge in [0.2, 0.25) is 0 Å². The zero-order valence-electron chi connectivity index (χ0n) is 14.9. The predicted molar refractivity (Wildman–Crippen MR) is 109 cm³/mol. The van der Waals surface area contributed by atoms with E-state index in [1.165, 1.54) is 0 Å². The Morgan fingerprint density at radius 1 is 0.923 bits per heavy atom. The molecule has 1 amide bonds. The van der Waals surface area contributed by atoms with Crippen LogP contribution in [0, 0.1) is 13.8 Å². The minimum atomic E-state index is -0.236. The fraction of sp³-hybridized carbons (Fsp3) is 0.0909. The maximum absolute atomic E-state index is 12.5. The van der Waals surface area contributed by atoms with Crippen molar-refractivity contribution in [2.24, 2.45) is 4.99 Å². The van der Waals surface area contributed by atoms with E-state index < -0.39 is 0 Å². The van der Waals surface area contributed by atoms with Crippen LogP contribution in [0.25, 0.3) is 11.1 Å². The van der Waals surface area contributed by atoms with Crippen LogP contribution in [0.15, 0.2) is 77.5 Å². The average Bonchev–Trinajstić information content (AvgIpc) is 2.58. The van der Waals surface area contributed by atoms with E-state index in [4.69, 9.17) is 5.73 Å². The summed E-state index contributed by atoms with van der Waals surface area (Å²) in [7, 11) is 0. The molecule has 4 nitrogen and oxygen atoms in total. The van der Waals surface area contributed by atoms with Gasteiger partial charge < -0.3 is 11.1 Å². The van der Waals surface area contributed by atoms with E-state index in [1.54, 1.807) is 24.4 Å². The van der Waals surface area contributed by atoms with Gasteiger partial charge in [-0.1, -0.05) is 30.4 Å². The molecule has 130 valence electrons. The Bertz CT molecular complexity index is 965. The minimum Gasteiger partial charge on any atom is -0.399 e. The Labute approximate surface area is 153 Å². The van der Waals surface area contributed by atoms with Crippen molar-refractivity contribution in [3.63, 3.8) is 0 Å². The molecule has 0 fully saturated rings. The normalized spacial score (nSPS) is 13.1. The number of aliphatic imine (C=N–C) groups is 1. The van der Waals surface area contributed by atoms with Crippen LogP contribution < -0.4 is 11.1 Å². The molecule has 2 aromatic carbocycles. The van der Waals surface area contributed by atoms with Crippen molar-refractivity contribution < 1.29 is 4.79 Å². The molecule has 26 heavy (non-hydrogen) atoms. The molecule has 0 radical (unpaired) electrons. The molecule has 0 unspecified atom stereocenters. The number of carbonyl (C=O) groups is 1. The molecule has 0 bridgehead atoms. The second-order valence-electron chi connectivity index (χ2n) is 6.16. The van der Waals surface area contributed by atoms with Gasteiger partial charge in [-0.3, -0.25) is 9.79 Å². The number of benzene rings is 2. The van der Waals surface area contributed by atoms with Crippen molar-refractivity contribution in [3.8, 4) is 11.1 Å². The van der Waals surface area contributed by atoms with E-state index >= 15 is 0 Å². The number of aryl methyl sites for hydroxylation is 2. The van der Waals surface area contributed by atoms with E-state index in [0.717, 1.165) is 33.6 Å². The van der Waals surface area contributed by atoms with Crippen molar-refractivity contribution in [2.45, 2.75) is 13.8 Å². The van der Waals surface area contributed by atoms with E-state index in [1.807, 2.05) is 50.3 Å². The van der Waals surface area contributed by atoms with Crippen LogP contribution >= 0.6 is 0 Å². The van der Waals surface area contributed by atoms with Gasteiger partial charge >= 0.3 is 0 Å². The largest absolute Gasteiger partial charge is 0.399 e. The number of carbonyl (C=O) groups excluding carboxylic acids is 1. The highest BCUT2D eigenvalue weighted by Crippen LogP contribution is 2.27. The van der Waals surface area contributed by atoms with E-state index in [0.29, 0.717) is 5.70 Å². The molecular formula is C22H21N3O. The summed E-state index contributed by atoms with van der Waals surface area (Å²) in [4.78, 5) is 16.6. The third kappa shape index (κ3) is 3.98. The van der Waals surface area contributed by atoms with E-state index in [9.17, 15) is 4.79 Å². The summed E-state index contributed by atoms with van der Waals surface area (Å²) < 4.78 is 0. The SMILES string of the molecule is Cc1cc(-c2ccc(NC(=O)C3=CC=CC=CC=N3)c(C)c2)ccc1N. The molecule has 1 aliphatic heterocycles. The second-order valence-corrected chi connectivity index (χ2v) is 6.16. The molecule has 0 spiro atoms. The number of nitrogens with two attached hydrogens (primary N) is 1. The van der Waals surface area contributed by atoms with Gasteiger partial charge in [-0.25, -0.2) is 0 Å². The topological polar surface area (TPSA) is 67.5 Å². The summed E-state index contributed by atoms with van der Waals surface area (Å²) in [6.07, 6.45) is 10.6. The number of hydrogen-bond donors (Lipinski definition) is 2. The van der Waals surface area contributed by atoms with Gasteiger partial charge in [0, 0.05) is 17.6 Å². The van der Waals surface area contributed by atoms with Crippen LogP contribution in [0.3, 0.4) is 0 Å². The number of nitrogens with zero attached hydrogens (tertiary/aromatic N) is 1. The molecule has 0 aliphatic carbocycles. The lowest BCUT2D eigenvalue weighted by Crippen LogP contribution is -2.14. The summed E-state index contributed by atoms with van der Waals surface area (Å²) in [6.45, 7) is 3.97. The zero-order chi connectivity index (χ0) is 18.5. The number of amides is 1. The highest BCUT2D eigenvalue weighted by atomic mass is 16.2. The molecule has 1 heterocycles. The van der Waals surface area contributed by atoms with Crippen molar-refractivity contribution in [1.82, 2.24) is 0 Å². The molecule has 2 aromatic rings. The number of anilines is 2. The summed E-state index contributed by atoms with van der Waals surface area (Å²) in [5.41, 5.74) is 12.0. The number of nitrogens with one attached hydrogen (secondary N) is 1. The lowest BCUT2D eigenvalue weighted by molar-refractivity contribution is -0.112. The van der Waals surface area contributed by atoms with Gasteiger partial charge in [0.05, 0.1) is 0 Å². The Morgan fingerprint density at radius 2 is 1.62 bits per heavy atom. The van der Waals surface area contributed by atoms with Gasteiger partial charge in [-0.05, 0) is 72.5 Å². The highest BCUT2D eigenvalue weighted by molar-refractivity contribution is 6.05.